The van der Waals surface area contributed by atoms with Crippen LogP contribution in [0, 0.1) is 0 Å². The van der Waals surface area contributed by atoms with Crippen LogP contribution >= 0.6 is 0 Å². The molecule has 1 atom stereocenters. The van der Waals surface area contributed by atoms with Gasteiger partial charge in [-0.1, -0.05) is 49.3 Å². The van der Waals surface area contributed by atoms with Crippen LogP contribution in [0.3, 0.4) is 0 Å². The van der Waals surface area contributed by atoms with Gasteiger partial charge in [0, 0.05) is 6.04 Å². The van der Waals surface area contributed by atoms with Crippen molar-refractivity contribution in [3.63, 3.8) is 0 Å². The van der Waals surface area contributed by atoms with Crippen LogP contribution in [-0.2, 0) is 0 Å². The van der Waals surface area contributed by atoms with Gasteiger partial charge in [0.25, 0.3) is 0 Å². The number of rotatable bonds is 6. The Kier molecular flexibility index (Phi) is 5.13. The minimum atomic E-state index is 0.499. The summed E-state index contributed by atoms with van der Waals surface area (Å²) in [6.07, 6.45) is 13.2. The first-order valence-corrected chi connectivity index (χ1v) is 8.88. The minimum Gasteiger partial charge on any atom is -0.310 e. The van der Waals surface area contributed by atoms with Gasteiger partial charge in [0.2, 0.25) is 0 Å². The molecule has 1 aromatic carbocycles. The highest BCUT2D eigenvalue weighted by molar-refractivity contribution is 5.30. The standard InChI is InChI=1S/C20H29N/c1-2-21-20(14-16-8-4-3-5-9-16)19-13-7-12-18(15-19)17-10-6-11-17/h7-8,12-13,15,17,20-21H,2-6,9-11,14H2,1H3. The van der Waals surface area contributed by atoms with E-state index in [4.69, 9.17) is 0 Å². The van der Waals surface area contributed by atoms with Crippen molar-refractivity contribution < 1.29 is 0 Å². The lowest BCUT2D eigenvalue weighted by atomic mass is 9.79. The maximum Gasteiger partial charge on any atom is 0.0357 e. The number of benzene rings is 1. The summed E-state index contributed by atoms with van der Waals surface area (Å²) in [5, 5.41) is 3.71. The smallest absolute Gasteiger partial charge is 0.0357 e. The molecule has 1 nitrogen and oxygen atoms in total. The van der Waals surface area contributed by atoms with Crippen LogP contribution < -0.4 is 5.32 Å². The van der Waals surface area contributed by atoms with Crippen molar-refractivity contribution in [2.75, 3.05) is 6.54 Å². The van der Waals surface area contributed by atoms with E-state index in [1.807, 2.05) is 0 Å². The summed E-state index contributed by atoms with van der Waals surface area (Å²) in [7, 11) is 0. The van der Waals surface area contributed by atoms with Gasteiger partial charge in [-0.15, -0.1) is 0 Å². The van der Waals surface area contributed by atoms with E-state index in [1.165, 1.54) is 56.9 Å². The lowest BCUT2D eigenvalue weighted by Crippen LogP contribution is -2.22. The van der Waals surface area contributed by atoms with Gasteiger partial charge in [0.15, 0.2) is 0 Å². The van der Waals surface area contributed by atoms with Crippen LogP contribution in [0.2, 0.25) is 0 Å². The quantitative estimate of drug-likeness (QED) is 0.680. The third-order valence-electron chi connectivity index (χ3n) is 5.19. The largest absolute Gasteiger partial charge is 0.310 e. The summed E-state index contributed by atoms with van der Waals surface area (Å²) in [5.74, 6) is 0.834. The molecule has 3 rings (SSSR count). The average Bonchev–Trinajstić information content (AvgIpc) is 2.46. The Hall–Kier alpha value is -1.08. The summed E-state index contributed by atoms with van der Waals surface area (Å²) in [6, 6.07) is 9.89. The molecule has 0 amide bonds. The molecule has 0 radical (unpaired) electrons. The molecule has 1 saturated carbocycles. The van der Waals surface area contributed by atoms with Crippen molar-refractivity contribution in [2.24, 2.45) is 0 Å². The van der Waals surface area contributed by atoms with Crippen LogP contribution in [0.1, 0.15) is 81.4 Å². The molecule has 0 saturated heterocycles. The highest BCUT2D eigenvalue weighted by Gasteiger charge is 2.21. The Morgan fingerprint density at radius 1 is 1.19 bits per heavy atom. The fourth-order valence-electron chi connectivity index (χ4n) is 3.68. The first kappa shape index (κ1) is 14.8. The molecule has 1 heteroatoms. The predicted octanol–water partition coefficient (Wildman–Crippen LogP) is 5.50. The van der Waals surface area contributed by atoms with Gasteiger partial charge < -0.3 is 5.32 Å². The highest BCUT2D eigenvalue weighted by Crippen LogP contribution is 2.37. The number of hydrogen-bond acceptors (Lipinski definition) is 1. The third kappa shape index (κ3) is 3.77. The van der Waals surface area contributed by atoms with Crippen molar-refractivity contribution in [3.05, 3.63) is 47.0 Å². The van der Waals surface area contributed by atoms with Crippen LogP contribution in [0.15, 0.2) is 35.9 Å². The van der Waals surface area contributed by atoms with Crippen LogP contribution in [0.25, 0.3) is 0 Å². The van der Waals surface area contributed by atoms with E-state index >= 15 is 0 Å². The Balaban J connectivity index is 1.74. The van der Waals surface area contributed by atoms with E-state index in [1.54, 1.807) is 11.1 Å². The fourth-order valence-corrected chi connectivity index (χ4v) is 3.68. The van der Waals surface area contributed by atoms with Crippen molar-refractivity contribution in [3.8, 4) is 0 Å². The molecule has 2 aliphatic carbocycles. The van der Waals surface area contributed by atoms with Crippen LogP contribution in [0.5, 0.6) is 0 Å². The zero-order valence-electron chi connectivity index (χ0n) is 13.4. The molecule has 114 valence electrons. The third-order valence-corrected chi connectivity index (χ3v) is 5.19. The average molecular weight is 283 g/mol. The van der Waals surface area contributed by atoms with E-state index in [0.717, 1.165) is 12.5 Å². The molecular formula is C20H29N. The van der Waals surface area contributed by atoms with Crippen molar-refractivity contribution >= 4 is 0 Å². The lowest BCUT2D eigenvalue weighted by Gasteiger charge is -2.28. The summed E-state index contributed by atoms with van der Waals surface area (Å²) in [6.45, 7) is 3.27. The molecular weight excluding hydrogens is 254 g/mol. The van der Waals surface area contributed by atoms with Gasteiger partial charge in [-0.25, -0.2) is 0 Å². The maximum absolute atomic E-state index is 3.71. The van der Waals surface area contributed by atoms with Gasteiger partial charge in [-0.05, 0) is 68.5 Å². The molecule has 1 fully saturated rings. The molecule has 0 aliphatic heterocycles. The molecule has 1 aromatic rings. The first-order chi connectivity index (χ1) is 10.4. The van der Waals surface area contributed by atoms with Gasteiger partial charge in [0.1, 0.15) is 0 Å². The van der Waals surface area contributed by atoms with Crippen LogP contribution in [-0.4, -0.2) is 6.54 Å². The molecule has 2 aliphatic rings. The second kappa shape index (κ2) is 7.26. The Morgan fingerprint density at radius 2 is 2.10 bits per heavy atom. The van der Waals surface area contributed by atoms with E-state index in [0.29, 0.717) is 6.04 Å². The van der Waals surface area contributed by atoms with E-state index < -0.39 is 0 Å². The molecule has 0 heterocycles. The van der Waals surface area contributed by atoms with E-state index in [-0.39, 0.29) is 0 Å². The van der Waals surface area contributed by atoms with E-state index in [9.17, 15) is 0 Å². The monoisotopic (exact) mass is 283 g/mol. The van der Waals surface area contributed by atoms with Gasteiger partial charge in [-0.3, -0.25) is 0 Å². The topological polar surface area (TPSA) is 12.0 Å². The Bertz CT molecular complexity index is 484. The summed E-state index contributed by atoms with van der Waals surface area (Å²) in [5.41, 5.74) is 4.73. The molecule has 0 bridgehead atoms. The number of nitrogens with one attached hydrogen (secondary N) is 1. The van der Waals surface area contributed by atoms with Gasteiger partial charge in [0.05, 0.1) is 0 Å². The molecule has 0 aromatic heterocycles. The second-order valence-corrected chi connectivity index (χ2v) is 6.72. The maximum atomic E-state index is 3.71. The first-order valence-electron chi connectivity index (χ1n) is 8.88. The normalized spacial score (nSPS) is 20.7. The zero-order chi connectivity index (χ0) is 14.5. The summed E-state index contributed by atoms with van der Waals surface area (Å²) < 4.78 is 0. The van der Waals surface area contributed by atoms with Gasteiger partial charge in [-0.2, -0.15) is 0 Å². The van der Waals surface area contributed by atoms with Crippen molar-refractivity contribution in [1.82, 2.24) is 5.32 Å². The molecule has 1 N–H and O–H groups in total. The second-order valence-electron chi connectivity index (χ2n) is 6.72. The SMILES string of the molecule is CCNC(CC1=CCCCC1)c1cccc(C2CCC2)c1. The van der Waals surface area contributed by atoms with E-state index in [2.05, 4.69) is 42.6 Å². The summed E-state index contributed by atoms with van der Waals surface area (Å²) in [4.78, 5) is 0. The highest BCUT2D eigenvalue weighted by atomic mass is 14.9. The molecule has 0 spiro atoms. The lowest BCUT2D eigenvalue weighted by molar-refractivity contribution is 0.418. The fraction of sp³-hybridized carbons (Fsp3) is 0.600. The Labute approximate surface area is 129 Å². The number of allylic oxidation sites excluding steroid dienone is 1. The van der Waals surface area contributed by atoms with Crippen molar-refractivity contribution in [1.29, 1.82) is 0 Å². The minimum absolute atomic E-state index is 0.499. The Morgan fingerprint density at radius 3 is 2.76 bits per heavy atom. The summed E-state index contributed by atoms with van der Waals surface area (Å²) >= 11 is 0. The zero-order valence-corrected chi connectivity index (χ0v) is 13.4. The van der Waals surface area contributed by atoms with Crippen LogP contribution in [0.4, 0.5) is 0 Å². The van der Waals surface area contributed by atoms with Gasteiger partial charge >= 0.3 is 0 Å². The predicted molar refractivity (Wildman–Crippen MR) is 90.6 cm³/mol. The molecule has 21 heavy (non-hydrogen) atoms. The van der Waals surface area contributed by atoms with Crippen molar-refractivity contribution in [2.45, 2.75) is 70.3 Å². The number of hydrogen-bond donors (Lipinski definition) is 1. The molecule has 1 unspecified atom stereocenters.